The molecule has 3 heterocycles. The molecule has 0 saturated carbocycles. The van der Waals surface area contributed by atoms with Gasteiger partial charge in [-0.15, -0.1) is 0 Å². The average Bonchev–Trinajstić information content (AvgIpc) is 3.35. The number of aromatic nitrogens is 3. The SMILES string of the molecule is CCCCCn1c(O[C@H]2CCNC2)cc(=O)n2cc(-c3ccc(Cl)cc3)nc12. The van der Waals surface area contributed by atoms with Gasteiger partial charge >= 0.3 is 0 Å². The summed E-state index contributed by atoms with van der Waals surface area (Å²) in [5, 5.41) is 3.98. The standard InChI is InChI=1S/C21H25ClN4O2/c1-2-3-4-11-25-20(28-17-9-10-23-13-17)12-19(27)26-14-18(24-21(25)26)15-5-7-16(22)8-6-15/h5-8,12,14,17,23H,2-4,9-11,13H2,1H3/t17-/m0/s1. The Labute approximate surface area is 169 Å². The predicted octanol–water partition coefficient (Wildman–Crippen LogP) is 3.75. The van der Waals surface area contributed by atoms with Crippen molar-refractivity contribution in [2.45, 2.75) is 45.3 Å². The molecule has 3 aromatic rings. The van der Waals surface area contributed by atoms with Gasteiger partial charge < -0.3 is 10.1 Å². The molecule has 1 aliphatic rings. The third kappa shape index (κ3) is 3.93. The zero-order valence-corrected chi connectivity index (χ0v) is 16.8. The largest absolute Gasteiger partial charge is 0.474 e. The van der Waals surface area contributed by atoms with E-state index in [0.717, 1.165) is 56.6 Å². The lowest BCUT2D eigenvalue weighted by Crippen LogP contribution is -2.25. The van der Waals surface area contributed by atoms with Crippen molar-refractivity contribution in [3.8, 4) is 17.1 Å². The van der Waals surface area contributed by atoms with Gasteiger partial charge in [0.05, 0.1) is 11.8 Å². The molecule has 1 N–H and O–H groups in total. The average molecular weight is 401 g/mol. The van der Waals surface area contributed by atoms with E-state index in [2.05, 4.69) is 12.2 Å². The van der Waals surface area contributed by atoms with Gasteiger partial charge in [-0.25, -0.2) is 4.98 Å². The summed E-state index contributed by atoms with van der Waals surface area (Å²) in [6.07, 6.45) is 6.08. The third-order valence-electron chi connectivity index (χ3n) is 5.11. The maximum atomic E-state index is 12.7. The predicted molar refractivity (Wildman–Crippen MR) is 111 cm³/mol. The summed E-state index contributed by atoms with van der Waals surface area (Å²) in [7, 11) is 0. The van der Waals surface area contributed by atoms with Crippen molar-refractivity contribution in [2.75, 3.05) is 13.1 Å². The van der Waals surface area contributed by atoms with Gasteiger partial charge in [-0.2, -0.15) is 0 Å². The molecular weight excluding hydrogens is 376 g/mol. The highest BCUT2D eigenvalue weighted by molar-refractivity contribution is 6.30. The molecule has 1 saturated heterocycles. The maximum Gasteiger partial charge on any atom is 0.262 e. The molecule has 2 aromatic heterocycles. The van der Waals surface area contributed by atoms with Gasteiger partial charge in [0.2, 0.25) is 11.7 Å². The van der Waals surface area contributed by atoms with Crippen LogP contribution in [0.25, 0.3) is 17.0 Å². The lowest BCUT2D eigenvalue weighted by molar-refractivity contribution is 0.202. The number of unbranched alkanes of at least 4 members (excludes halogenated alkanes) is 2. The monoisotopic (exact) mass is 400 g/mol. The van der Waals surface area contributed by atoms with Crippen LogP contribution in [0, 0.1) is 0 Å². The van der Waals surface area contributed by atoms with Crippen LogP contribution < -0.4 is 15.6 Å². The smallest absolute Gasteiger partial charge is 0.262 e. The summed E-state index contributed by atoms with van der Waals surface area (Å²) in [5.74, 6) is 1.23. The Hall–Kier alpha value is -2.31. The minimum Gasteiger partial charge on any atom is -0.474 e. The van der Waals surface area contributed by atoms with Crippen LogP contribution in [0.4, 0.5) is 0 Å². The summed E-state index contributed by atoms with van der Waals surface area (Å²) in [6.45, 7) is 4.69. The van der Waals surface area contributed by atoms with Crippen molar-refractivity contribution >= 4 is 17.4 Å². The van der Waals surface area contributed by atoms with Crippen LogP contribution in [-0.2, 0) is 6.54 Å². The Bertz CT molecular complexity index is 1000. The van der Waals surface area contributed by atoms with Gasteiger partial charge in [0.15, 0.2) is 0 Å². The number of rotatable bonds is 7. The highest BCUT2D eigenvalue weighted by Gasteiger charge is 2.20. The number of hydrogen-bond donors (Lipinski definition) is 1. The summed E-state index contributed by atoms with van der Waals surface area (Å²) < 4.78 is 9.83. The van der Waals surface area contributed by atoms with E-state index in [1.807, 2.05) is 28.8 Å². The number of nitrogens with one attached hydrogen (secondary N) is 1. The number of ether oxygens (including phenoxy) is 1. The fourth-order valence-electron chi connectivity index (χ4n) is 3.56. The highest BCUT2D eigenvalue weighted by atomic mass is 35.5. The molecule has 0 aliphatic carbocycles. The van der Waals surface area contributed by atoms with E-state index >= 15 is 0 Å². The first kappa shape index (κ1) is 19.0. The van der Waals surface area contributed by atoms with Crippen LogP contribution in [0.1, 0.15) is 32.6 Å². The second kappa shape index (κ2) is 8.37. The van der Waals surface area contributed by atoms with Gasteiger partial charge in [0, 0.05) is 29.9 Å². The van der Waals surface area contributed by atoms with Crippen LogP contribution >= 0.6 is 11.6 Å². The first-order valence-corrected chi connectivity index (χ1v) is 10.3. The number of halogens is 1. The molecule has 0 radical (unpaired) electrons. The van der Waals surface area contributed by atoms with Crippen LogP contribution in [0.3, 0.4) is 0 Å². The molecule has 4 rings (SSSR count). The van der Waals surface area contributed by atoms with Gasteiger partial charge in [-0.1, -0.05) is 43.5 Å². The van der Waals surface area contributed by atoms with Crippen LogP contribution in [0.5, 0.6) is 5.88 Å². The normalized spacial score (nSPS) is 16.7. The van der Waals surface area contributed by atoms with Crippen molar-refractivity contribution in [1.82, 2.24) is 19.3 Å². The first-order chi connectivity index (χ1) is 13.7. The molecule has 0 bridgehead atoms. The molecule has 1 aliphatic heterocycles. The fraction of sp³-hybridized carbons (Fsp3) is 0.429. The molecule has 0 unspecified atom stereocenters. The molecule has 0 spiro atoms. The number of nitrogens with zero attached hydrogens (tertiary/aromatic N) is 3. The van der Waals surface area contributed by atoms with E-state index in [-0.39, 0.29) is 11.7 Å². The van der Waals surface area contributed by atoms with Crippen molar-refractivity contribution in [1.29, 1.82) is 0 Å². The second-order valence-electron chi connectivity index (χ2n) is 7.22. The van der Waals surface area contributed by atoms with E-state index in [1.54, 1.807) is 16.7 Å². The molecule has 28 heavy (non-hydrogen) atoms. The van der Waals surface area contributed by atoms with E-state index in [9.17, 15) is 4.79 Å². The van der Waals surface area contributed by atoms with Crippen molar-refractivity contribution < 1.29 is 4.74 Å². The Morgan fingerprint density at radius 1 is 1.29 bits per heavy atom. The number of benzene rings is 1. The molecule has 7 heteroatoms. The topological polar surface area (TPSA) is 60.6 Å². The van der Waals surface area contributed by atoms with E-state index in [1.165, 1.54) is 0 Å². The number of hydrogen-bond acceptors (Lipinski definition) is 4. The zero-order valence-electron chi connectivity index (χ0n) is 16.0. The van der Waals surface area contributed by atoms with E-state index in [4.69, 9.17) is 21.3 Å². The minimum atomic E-state index is -0.129. The first-order valence-electron chi connectivity index (χ1n) is 9.92. The van der Waals surface area contributed by atoms with Crippen molar-refractivity contribution in [2.24, 2.45) is 0 Å². The van der Waals surface area contributed by atoms with Crippen LogP contribution in [0.15, 0.2) is 41.3 Å². The Morgan fingerprint density at radius 2 is 2.11 bits per heavy atom. The summed E-state index contributed by atoms with van der Waals surface area (Å²) >= 11 is 6.00. The minimum absolute atomic E-state index is 0.0879. The molecule has 0 amide bonds. The van der Waals surface area contributed by atoms with Crippen molar-refractivity contribution in [3.63, 3.8) is 0 Å². The molecular formula is C21H25ClN4O2. The lowest BCUT2D eigenvalue weighted by atomic mass is 10.2. The van der Waals surface area contributed by atoms with E-state index < -0.39 is 0 Å². The number of aryl methyl sites for hydroxylation is 1. The Balaban J connectivity index is 1.78. The van der Waals surface area contributed by atoms with Gasteiger partial charge in [0.25, 0.3) is 5.56 Å². The second-order valence-corrected chi connectivity index (χ2v) is 7.65. The summed E-state index contributed by atoms with van der Waals surface area (Å²) in [4.78, 5) is 17.5. The van der Waals surface area contributed by atoms with Crippen LogP contribution in [0.2, 0.25) is 5.02 Å². The lowest BCUT2D eigenvalue weighted by Gasteiger charge is -2.18. The summed E-state index contributed by atoms with van der Waals surface area (Å²) in [5.41, 5.74) is 1.54. The maximum absolute atomic E-state index is 12.7. The molecule has 1 atom stereocenters. The van der Waals surface area contributed by atoms with Crippen LogP contribution in [-0.4, -0.2) is 33.1 Å². The number of imidazole rings is 1. The van der Waals surface area contributed by atoms with Crippen molar-refractivity contribution in [3.05, 3.63) is 51.9 Å². The van der Waals surface area contributed by atoms with Gasteiger partial charge in [0.1, 0.15) is 6.10 Å². The number of fused-ring (bicyclic) bond motifs is 1. The highest BCUT2D eigenvalue weighted by Crippen LogP contribution is 2.23. The molecule has 1 fully saturated rings. The molecule has 1 aromatic carbocycles. The summed E-state index contributed by atoms with van der Waals surface area (Å²) in [6, 6.07) is 9.08. The Morgan fingerprint density at radius 3 is 2.82 bits per heavy atom. The fourth-order valence-corrected chi connectivity index (χ4v) is 3.69. The van der Waals surface area contributed by atoms with Gasteiger partial charge in [-0.3, -0.25) is 13.8 Å². The third-order valence-corrected chi connectivity index (χ3v) is 5.36. The Kier molecular flexibility index (Phi) is 5.69. The zero-order chi connectivity index (χ0) is 19.5. The van der Waals surface area contributed by atoms with E-state index in [0.29, 0.717) is 16.7 Å². The molecule has 6 nitrogen and oxygen atoms in total. The molecule has 148 valence electrons. The quantitative estimate of drug-likeness (QED) is 0.613. The van der Waals surface area contributed by atoms with Gasteiger partial charge in [-0.05, 0) is 31.5 Å².